The van der Waals surface area contributed by atoms with Gasteiger partial charge in [0, 0.05) is 21.7 Å². The Labute approximate surface area is 95.3 Å². The van der Waals surface area contributed by atoms with E-state index in [9.17, 15) is 4.39 Å². The Morgan fingerprint density at radius 3 is 2.79 bits per heavy atom. The van der Waals surface area contributed by atoms with E-state index in [-0.39, 0.29) is 12.4 Å². The average Bonchev–Trinajstić information content (AvgIpc) is 2.09. The first kappa shape index (κ1) is 11.7. The number of rotatable bonds is 3. The minimum absolute atomic E-state index is 0.0589. The van der Waals surface area contributed by atoms with Gasteiger partial charge in [0.05, 0.1) is 0 Å². The zero-order valence-corrected chi connectivity index (χ0v) is 9.65. The van der Waals surface area contributed by atoms with Gasteiger partial charge in [-0.1, -0.05) is 39.7 Å². The monoisotopic (exact) mass is 278 g/mol. The maximum absolute atomic E-state index is 13.3. The quantitative estimate of drug-likeness (QED) is 0.895. The van der Waals surface area contributed by atoms with E-state index in [0.29, 0.717) is 21.5 Å². The maximum Gasteiger partial charge on any atom is 0.133 e. The maximum atomic E-state index is 13.3. The van der Waals surface area contributed by atoms with E-state index in [1.165, 1.54) is 6.07 Å². The van der Waals surface area contributed by atoms with Gasteiger partial charge in [0.25, 0.3) is 0 Å². The van der Waals surface area contributed by atoms with Crippen LogP contribution < -0.4 is 0 Å². The van der Waals surface area contributed by atoms with E-state index < -0.39 is 0 Å². The molecule has 1 aromatic carbocycles. The molecule has 0 heterocycles. The molecule has 0 unspecified atom stereocenters. The summed E-state index contributed by atoms with van der Waals surface area (Å²) in [4.78, 5) is 0. The van der Waals surface area contributed by atoms with Gasteiger partial charge in [0.1, 0.15) is 5.82 Å². The van der Waals surface area contributed by atoms with Gasteiger partial charge in [0.15, 0.2) is 0 Å². The van der Waals surface area contributed by atoms with Gasteiger partial charge < -0.3 is 5.11 Å². The lowest BCUT2D eigenvalue weighted by Crippen LogP contribution is -1.85. The molecule has 1 nitrogen and oxygen atoms in total. The van der Waals surface area contributed by atoms with Gasteiger partial charge in [0.2, 0.25) is 0 Å². The van der Waals surface area contributed by atoms with Crippen LogP contribution in [0.15, 0.2) is 22.7 Å². The molecule has 0 saturated heterocycles. The van der Waals surface area contributed by atoms with Crippen LogP contribution in [0.4, 0.5) is 4.39 Å². The minimum atomic E-state index is -0.376. The molecule has 0 atom stereocenters. The van der Waals surface area contributed by atoms with Crippen molar-refractivity contribution in [2.45, 2.75) is 6.42 Å². The van der Waals surface area contributed by atoms with Crippen molar-refractivity contribution in [1.29, 1.82) is 0 Å². The lowest BCUT2D eigenvalue weighted by atomic mass is 10.2. The summed E-state index contributed by atoms with van der Waals surface area (Å²) >= 11 is 8.86. The summed E-state index contributed by atoms with van der Waals surface area (Å²) in [6, 6.07) is 2.88. The first-order valence-electron chi connectivity index (χ1n) is 4.07. The van der Waals surface area contributed by atoms with E-state index in [0.717, 1.165) is 0 Å². The van der Waals surface area contributed by atoms with Crippen LogP contribution in [0.25, 0.3) is 6.08 Å². The molecule has 1 rings (SSSR count). The van der Waals surface area contributed by atoms with Crippen molar-refractivity contribution in [3.63, 3.8) is 0 Å². The lowest BCUT2D eigenvalue weighted by Gasteiger charge is -2.01. The van der Waals surface area contributed by atoms with Gasteiger partial charge in [-0.2, -0.15) is 0 Å². The van der Waals surface area contributed by atoms with Crippen molar-refractivity contribution >= 4 is 33.6 Å². The molecule has 0 bridgehead atoms. The zero-order chi connectivity index (χ0) is 10.6. The molecule has 1 N–H and O–H groups in total. The molecule has 1 aromatic rings. The number of aliphatic hydroxyl groups excluding tert-OH is 1. The second-order valence-electron chi connectivity index (χ2n) is 2.70. The first-order valence-corrected chi connectivity index (χ1v) is 5.24. The smallest absolute Gasteiger partial charge is 0.133 e. The van der Waals surface area contributed by atoms with Crippen molar-refractivity contribution in [3.05, 3.63) is 39.1 Å². The zero-order valence-electron chi connectivity index (χ0n) is 7.30. The van der Waals surface area contributed by atoms with Crippen LogP contribution in [0.3, 0.4) is 0 Å². The number of aliphatic hydroxyl groups is 1. The molecule has 0 radical (unpaired) electrons. The van der Waals surface area contributed by atoms with E-state index >= 15 is 0 Å². The molecular formula is C10H9BrClFO. The van der Waals surface area contributed by atoms with E-state index in [1.54, 1.807) is 18.2 Å². The van der Waals surface area contributed by atoms with Crippen LogP contribution in [0, 0.1) is 5.82 Å². The molecule has 14 heavy (non-hydrogen) atoms. The fourth-order valence-corrected chi connectivity index (χ4v) is 1.89. The Balaban J connectivity index is 2.96. The highest BCUT2D eigenvalue weighted by atomic mass is 79.9. The normalized spacial score (nSPS) is 11.1. The van der Waals surface area contributed by atoms with Crippen molar-refractivity contribution in [3.8, 4) is 0 Å². The standard InChI is InChI=1S/C10H9BrClFO/c11-9-5-7(12)6-10(13)8(9)3-1-2-4-14/h1,3,5-6,14H,2,4H2. The molecule has 0 spiro atoms. The molecule has 76 valence electrons. The Bertz CT molecular complexity index is 329. The fourth-order valence-electron chi connectivity index (χ4n) is 0.988. The summed E-state index contributed by atoms with van der Waals surface area (Å²) in [5.41, 5.74) is 0.447. The highest BCUT2D eigenvalue weighted by molar-refractivity contribution is 9.10. The van der Waals surface area contributed by atoms with Gasteiger partial charge in [-0.05, 0) is 18.6 Å². The van der Waals surface area contributed by atoms with Crippen molar-refractivity contribution in [1.82, 2.24) is 0 Å². The Morgan fingerprint density at radius 1 is 1.50 bits per heavy atom. The van der Waals surface area contributed by atoms with Crippen LogP contribution in [0.1, 0.15) is 12.0 Å². The number of benzene rings is 1. The molecule has 0 aliphatic rings. The minimum Gasteiger partial charge on any atom is -0.396 e. The summed E-state index contributed by atoms with van der Waals surface area (Å²) < 4.78 is 13.9. The molecule has 0 aliphatic carbocycles. The van der Waals surface area contributed by atoms with Crippen molar-refractivity contribution < 1.29 is 9.50 Å². The van der Waals surface area contributed by atoms with Gasteiger partial charge in [-0.25, -0.2) is 4.39 Å². The Kier molecular flexibility index (Phi) is 4.58. The summed E-state index contributed by atoms with van der Waals surface area (Å²) in [6.45, 7) is 0.0589. The van der Waals surface area contributed by atoms with E-state index in [2.05, 4.69) is 15.9 Å². The van der Waals surface area contributed by atoms with Gasteiger partial charge in [-0.15, -0.1) is 0 Å². The number of hydrogen-bond acceptors (Lipinski definition) is 1. The Morgan fingerprint density at radius 2 is 2.21 bits per heavy atom. The Hall–Kier alpha value is -0.380. The van der Waals surface area contributed by atoms with Crippen LogP contribution >= 0.6 is 27.5 Å². The highest BCUT2D eigenvalue weighted by Gasteiger charge is 2.04. The second kappa shape index (κ2) is 5.49. The third-order valence-electron chi connectivity index (χ3n) is 1.62. The summed E-state index contributed by atoms with van der Waals surface area (Å²) in [5, 5.41) is 8.90. The molecule has 0 amide bonds. The lowest BCUT2D eigenvalue weighted by molar-refractivity contribution is 0.303. The van der Waals surface area contributed by atoms with Gasteiger partial charge >= 0.3 is 0 Å². The topological polar surface area (TPSA) is 20.2 Å². The van der Waals surface area contributed by atoms with Crippen LogP contribution in [0.2, 0.25) is 5.02 Å². The number of hydrogen-bond donors (Lipinski definition) is 1. The SMILES string of the molecule is OCCC=Cc1c(F)cc(Cl)cc1Br. The van der Waals surface area contributed by atoms with E-state index in [4.69, 9.17) is 16.7 Å². The molecule has 0 aromatic heterocycles. The second-order valence-corrected chi connectivity index (χ2v) is 3.99. The fraction of sp³-hybridized carbons (Fsp3) is 0.200. The molecule has 0 aliphatic heterocycles. The third kappa shape index (κ3) is 3.08. The highest BCUT2D eigenvalue weighted by Crippen LogP contribution is 2.25. The summed E-state index contributed by atoms with van der Waals surface area (Å²) in [7, 11) is 0. The molecule has 0 saturated carbocycles. The molecule has 0 fully saturated rings. The summed E-state index contributed by atoms with van der Waals surface area (Å²) in [5.74, 6) is -0.376. The number of halogens is 3. The first-order chi connectivity index (χ1) is 6.65. The van der Waals surface area contributed by atoms with Crippen LogP contribution in [-0.2, 0) is 0 Å². The van der Waals surface area contributed by atoms with Crippen molar-refractivity contribution in [2.75, 3.05) is 6.61 Å². The third-order valence-corrected chi connectivity index (χ3v) is 2.50. The van der Waals surface area contributed by atoms with Crippen molar-refractivity contribution in [2.24, 2.45) is 0 Å². The van der Waals surface area contributed by atoms with Crippen LogP contribution in [0.5, 0.6) is 0 Å². The average molecular weight is 280 g/mol. The van der Waals surface area contributed by atoms with E-state index in [1.807, 2.05) is 0 Å². The van der Waals surface area contributed by atoms with Crippen LogP contribution in [-0.4, -0.2) is 11.7 Å². The predicted octanol–water partition coefficient (Wildman–Crippen LogP) is 3.64. The molecular weight excluding hydrogens is 270 g/mol. The summed E-state index contributed by atoms with van der Waals surface area (Å²) in [6.07, 6.45) is 3.83. The predicted molar refractivity (Wildman–Crippen MR) is 59.8 cm³/mol. The van der Waals surface area contributed by atoms with Gasteiger partial charge in [-0.3, -0.25) is 0 Å². The largest absolute Gasteiger partial charge is 0.396 e. The molecule has 4 heteroatoms.